The van der Waals surface area contributed by atoms with Crippen molar-refractivity contribution in [1.29, 1.82) is 0 Å². The number of benzene rings is 4. The van der Waals surface area contributed by atoms with Crippen LogP contribution in [0.25, 0.3) is 22.2 Å². The van der Waals surface area contributed by atoms with Gasteiger partial charge in [0.05, 0.1) is 37.2 Å². The van der Waals surface area contributed by atoms with Crippen LogP contribution in [0.3, 0.4) is 0 Å². The van der Waals surface area contributed by atoms with Gasteiger partial charge in [0, 0.05) is 34.0 Å². The summed E-state index contributed by atoms with van der Waals surface area (Å²) in [5.41, 5.74) is 6.83. The SMILES string of the molecule is COc1ccc([C@@H]2CC(c3cccc(C)c3)=NN2c2nc(-c3ccc(Cl)cc3)c3ccccc3n2)c(OC)c1. The van der Waals surface area contributed by atoms with Crippen LogP contribution in [0.15, 0.2) is 96.1 Å². The second-order valence-corrected chi connectivity index (χ2v) is 9.92. The third-order valence-corrected chi connectivity index (χ3v) is 7.23. The minimum atomic E-state index is -0.180. The summed E-state index contributed by atoms with van der Waals surface area (Å²) >= 11 is 6.20. The van der Waals surface area contributed by atoms with Crippen molar-refractivity contribution in [3.63, 3.8) is 0 Å². The Labute approximate surface area is 232 Å². The quantitative estimate of drug-likeness (QED) is 0.224. The van der Waals surface area contributed by atoms with E-state index in [-0.39, 0.29) is 6.04 Å². The standard InChI is InChI=1S/C32H27ClN4O2/c1-20-7-6-8-22(17-20)28-19-29(26-16-15-24(38-2)18-30(26)39-3)37(36-28)32-34-27-10-5-4-9-25(27)31(35-32)21-11-13-23(33)14-12-21/h4-18,29H,19H2,1-3H3/t29-/m0/s1. The zero-order chi connectivity index (χ0) is 26.9. The lowest BCUT2D eigenvalue weighted by atomic mass is 9.97. The molecule has 0 radical (unpaired) electrons. The zero-order valence-electron chi connectivity index (χ0n) is 21.9. The number of rotatable bonds is 6. The second kappa shape index (κ2) is 10.4. The molecule has 0 spiro atoms. The van der Waals surface area contributed by atoms with Gasteiger partial charge in [0.25, 0.3) is 0 Å². The van der Waals surface area contributed by atoms with Gasteiger partial charge in [-0.25, -0.2) is 15.0 Å². The maximum absolute atomic E-state index is 6.20. The lowest BCUT2D eigenvalue weighted by Crippen LogP contribution is -2.21. The molecule has 5 aromatic rings. The topological polar surface area (TPSA) is 59.8 Å². The van der Waals surface area contributed by atoms with Gasteiger partial charge >= 0.3 is 0 Å². The van der Waals surface area contributed by atoms with E-state index < -0.39 is 0 Å². The summed E-state index contributed by atoms with van der Waals surface area (Å²) < 4.78 is 11.3. The number of ether oxygens (including phenoxy) is 2. The smallest absolute Gasteiger partial charge is 0.247 e. The molecule has 0 saturated carbocycles. The van der Waals surface area contributed by atoms with E-state index in [9.17, 15) is 0 Å². The van der Waals surface area contributed by atoms with Crippen LogP contribution < -0.4 is 14.5 Å². The Kier molecular flexibility index (Phi) is 6.63. The maximum Gasteiger partial charge on any atom is 0.247 e. The van der Waals surface area contributed by atoms with Gasteiger partial charge in [0.1, 0.15) is 11.5 Å². The summed E-state index contributed by atoms with van der Waals surface area (Å²) in [5.74, 6) is 1.97. The molecule has 1 aliphatic rings. The summed E-state index contributed by atoms with van der Waals surface area (Å²) in [4.78, 5) is 10.1. The molecule has 0 fully saturated rings. The Morgan fingerprint density at radius 2 is 1.64 bits per heavy atom. The number of halogens is 1. The Bertz CT molecular complexity index is 1700. The molecule has 1 aliphatic heterocycles. The first kappa shape index (κ1) is 24.9. The maximum atomic E-state index is 6.20. The van der Waals surface area contributed by atoms with E-state index in [1.165, 1.54) is 5.56 Å². The molecule has 1 aromatic heterocycles. The number of hydrogen-bond donors (Lipinski definition) is 0. The normalized spacial score (nSPS) is 14.9. The molecule has 0 bridgehead atoms. The third-order valence-electron chi connectivity index (χ3n) is 6.98. The summed E-state index contributed by atoms with van der Waals surface area (Å²) in [6.45, 7) is 2.09. The molecule has 2 heterocycles. The predicted molar refractivity (Wildman–Crippen MR) is 157 cm³/mol. The lowest BCUT2D eigenvalue weighted by Gasteiger charge is -2.24. The fraction of sp³-hybridized carbons (Fsp3) is 0.156. The number of hydrogen-bond acceptors (Lipinski definition) is 6. The molecular weight excluding hydrogens is 508 g/mol. The molecule has 194 valence electrons. The molecular formula is C32H27ClN4O2. The van der Waals surface area contributed by atoms with Crippen molar-refractivity contribution < 1.29 is 9.47 Å². The number of methoxy groups -OCH3 is 2. The van der Waals surface area contributed by atoms with E-state index in [1.54, 1.807) is 14.2 Å². The van der Waals surface area contributed by atoms with Crippen molar-refractivity contribution in [2.24, 2.45) is 5.10 Å². The van der Waals surface area contributed by atoms with Crippen molar-refractivity contribution in [1.82, 2.24) is 9.97 Å². The van der Waals surface area contributed by atoms with Gasteiger partial charge in [-0.3, -0.25) is 0 Å². The Hall–Kier alpha value is -4.42. The van der Waals surface area contributed by atoms with Gasteiger partial charge in [0.2, 0.25) is 5.95 Å². The number of aryl methyl sites for hydroxylation is 1. The van der Waals surface area contributed by atoms with Crippen LogP contribution in [0.5, 0.6) is 11.5 Å². The largest absolute Gasteiger partial charge is 0.497 e. The minimum absolute atomic E-state index is 0.180. The van der Waals surface area contributed by atoms with Crippen LogP contribution in [0.2, 0.25) is 5.02 Å². The van der Waals surface area contributed by atoms with Gasteiger partial charge < -0.3 is 9.47 Å². The van der Waals surface area contributed by atoms with Crippen molar-refractivity contribution in [2.75, 3.05) is 19.2 Å². The van der Waals surface area contributed by atoms with E-state index >= 15 is 0 Å². The minimum Gasteiger partial charge on any atom is -0.497 e. The Morgan fingerprint density at radius 3 is 2.41 bits per heavy atom. The number of aromatic nitrogens is 2. The van der Waals surface area contributed by atoms with E-state index in [0.29, 0.717) is 17.4 Å². The number of anilines is 1. The monoisotopic (exact) mass is 534 g/mol. The molecule has 0 amide bonds. The van der Waals surface area contributed by atoms with E-state index in [0.717, 1.165) is 50.5 Å². The highest BCUT2D eigenvalue weighted by molar-refractivity contribution is 6.30. The fourth-order valence-electron chi connectivity index (χ4n) is 5.02. The van der Waals surface area contributed by atoms with E-state index in [4.69, 9.17) is 36.1 Å². The van der Waals surface area contributed by atoms with Crippen LogP contribution >= 0.6 is 11.6 Å². The van der Waals surface area contributed by atoms with Crippen molar-refractivity contribution in [3.8, 4) is 22.8 Å². The summed E-state index contributed by atoms with van der Waals surface area (Å²) in [7, 11) is 3.32. The van der Waals surface area contributed by atoms with Gasteiger partial charge in [-0.1, -0.05) is 71.8 Å². The predicted octanol–water partition coefficient (Wildman–Crippen LogP) is 7.63. The zero-order valence-corrected chi connectivity index (χ0v) is 22.7. The number of nitrogens with zero attached hydrogens (tertiary/aromatic N) is 4. The third kappa shape index (κ3) is 4.79. The first-order chi connectivity index (χ1) is 19.0. The average Bonchev–Trinajstić information content (AvgIpc) is 3.42. The molecule has 6 nitrogen and oxygen atoms in total. The molecule has 6 rings (SSSR count). The summed E-state index contributed by atoms with van der Waals surface area (Å²) in [6.07, 6.45) is 0.665. The molecule has 39 heavy (non-hydrogen) atoms. The molecule has 7 heteroatoms. The number of hydrazone groups is 1. The average molecular weight is 535 g/mol. The van der Waals surface area contributed by atoms with Gasteiger partial charge in [-0.15, -0.1) is 0 Å². The first-order valence-corrected chi connectivity index (χ1v) is 13.1. The van der Waals surface area contributed by atoms with Crippen molar-refractivity contribution in [3.05, 3.63) is 113 Å². The summed E-state index contributed by atoms with van der Waals surface area (Å²) in [5, 5.41) is 8.68. The summed E-state index contributed by atoms with van der Waals surface area (Å²) in [6, 6.07) is 29.9. The Morgan fingerprint density at radius 1 is 0.821 bits per heavy atom. The number of para-hydroxylation sites is 1. The Balaban J connectivity index is 1.54. The van der Waals surface area contributed by atoms with Crippen LogP contribution in [0.4, 0.5) is 5.95 Å². The second-order valence-electron chi connectivity index (χ2n) is 9.48. The van der Waals surface area contributed by atoms with Gasteiger partial charge in [0.15, 0.2) is 0 Å². The van der Waals surface area contributed by atoms with Gasteiger partial charge in [-0.05, 0) is 42.8 Å². The highest BCUT2D eigenvalue weighted by Crippen LogP contribution is 2.41. The fourth-order valence-corrected chi connectivity index (χ4v) is 5.15. The highest BCUT2D eigenvalue weighted by Gasteiger charge is 2.34. The van der Waals surface area contributed by atoms with Crippen LogP contribution in [-0.2, 0) is 0 Å². The van der Waals surface area contributed by atoms with Crippen molar-refractivity contribution >= 4 is 34.2 Å². The molecule has 0 unspecified atom stereocenters. The van der Waals surface area contributed by atoms with Crippen LogP contribution in [-0.4, -0.2) is 29.9 Å². The van der Waals surface area contributed by atoms with E-state index in [1.807, 2.05) is 71.7 Å². The van der Waals surface area contributed by atoms with Gasteiger partial charge in [-0.2, -0.15) is 5.10 Å². The molecule has 0 saturated heterocycles. The highest BCUT2D eigenvalue weighted by atomic mass is 35.5. The van der Waals surface area contributed by atoms with Crippen LogP contribution in [0, 0.1) is 6.92 Å². The van der Waals surface area contributed by atoms with Crippen molar-refractivity contribution in [2.45, 2.75) is 19.4 Å². The molecule has 1 atom stereocenters. The lowest BCUT2D eigenvalue weighted by molar-refractivity contribution is 0.388. The first-order valence-electron chi connectivity index (χ1n) is 12.7. The molecule has 0 aliphatic carbocycles. The van der Waals surface area contributed by atoms with E-state index in [2.05, 4.69) is 31.2 Å². The van der Waals surface area contributed by atoms with Crippen LogP contribution in [0.1, 0.15) is 29.2 Å². The molecule has 0 N–H and O–H groups in total. The number of fused-ring (bicyclic) bond motifs is 1. The molecule has 4 aromatic carbocycles.